The van der Waals surface area contributed by atoms with Gasteiger partial charge in [0.05, 0.1) is 5.56 Å². The summed E-state index contributed by atoms with van der Waals surface area (Å²) in [7, 11) is 0. The Balaban J connectivity index is 1.65. The minimum Gasteiger partial charge on any atom is -0.489 e. The molecule has 1 aliphatic heterocycles. The molecule has 0 saturated heterocycles. The summed E-state index contributed by atoms with van der Waals surface area (Å²) in [6.07, 6.45) is 0. The number of fused-ring (bicyclic) bond motifs is 1. The third kappa shape index (κ3) is 2.51. The van der Waals surface area contributed by atoms with E-state index in [1.807, 2.05) is 0 Å². The van der Waals surface area contributed by atoms with Gasteiger partial charge in [-0.15, -0.1) is 0 Å². The quantitative estimate of drug-likeness (QED) is 0.927. The highest BCUT2D eigenvalue weighted by Crippen LogP contribution is 2.35. The minimum absolute atomic E-state index is 0.232. The molecule has 0 aliphatic carbocycles. The Labute approximate surface area is 115 Å². The highest BCUT2D eigenvalue weighted by molar-refractivity contribution is 5.87. The fraction of sp³-hybridized carbons (Fsp3) is 0.133. The van der Waals surface area contributed by atoms with E-state index in [1.54, 1.807) is 42.5 Å². The lowest BCUT2D eigenvalue weighted by molar-refractivity contribution is 0.0697. The molecule has 0 unspecified atom stereocenters. The maximum atomic E-state index is 10.7. The molecule has 0 aromatic heterocycles. The molecule has 1 aliphatic rings. The molecule has 0 atom stereocenters. The second kappa shape index (κ2) is 5.13. The van der Waals surface area contributed by atoms with Crippen LogP contribution in [0.5, 0.6) is 17.2 Å². The summed E-state index contributed by atoms with van der Waals surface area (Å²) in [5.41, 5.74) is 1.16. The van der Waals surface area contributed by atoms with Crippen LogP contribution in [0.4, 0.5) is 0 Å². The van der Waals surface area contributed by atoms with Crippen LogP contribution in [0.15, 0.2) is 42.5 Å². The molecule has 0 fully saturated rings. The van der Waals surface area contributed by atoms with E-state index >= 15 is 0 Å². The first-order valence-electron chi connectivity index (χ1n) is 6.07. The predicted molar refractivity (Wildman–Crippen MR) is 70.3 cm³/mol. The molecule has 3 rings (SSSR count). The van der Waals surface area contributed by atoms with Crippen molar-refractivity contribution >= 4 is 5.97 Å². The Hall–Kier alpha value is -2.69. The Morgan fingerprint density at radius 2 is 1.85 bits per heavy atom. The lowest BCUT2D eigenvalue weighted by Crippen LogP contribution is -1.98. The number of ether oxygens (including phenoxy) is 3. The highest BCUT2D eigenvalue weighted by atomic mass is 16.7. The van der Waals surface area contributed by atoms with Crippen LogP contribution in [0.3, 0.4) is 0 Å². The monoisotopic (exact) mass is 272 g/mol. The average molecular weight is 272 g/mol. The summed E-state index contributed by atoms with van der Waals surface area (Å²) in [5, 5.41) is 8.82. The number of hydrogen-bond donors (Lipinski definition) is 1. The smallest absolute Gasteiger partial charge is 0.335 e. The summed E-state index contributed by atoms with van der Waals surface area (Å²) in [6, 6.07) is 12.0. The summed E-state index contributed by atoms with van der Waals surface area (Å²) in [5.74, 6) is 1.12. The van der Waals surface area contributed by atoms with Crippen molar-refractivity contribution in [3.05, 3.63) is 53.6 Å². The lowest BCUT2D eigenvalue weighted by Gasteiger charge is -2.07. The van der Waals surface area contributed by atoms with Crippen LogP contribution in [-0.2, 0) is 6.61 Å². The van der Waals surface area contributed by atoms with E-state index < -0.39 is 5.97 Å². The van der Waals surface area contributed by atoms with Crippen LogP contribution in [0, 0.1) is 0 Å². The second-order valence-electron chi connectivity index (χ2n) is 4.31. The number of hydrogen-bond acceptors (Lipinski definition) is 4. The molecule has 5 heteroatoms. The zero-order chi connectivity index (χ0) is 13.9. The number of carboxylic acid groups (broad SMARTS) is 1. The van der Waals surface area contributed by atoms with Crippen molar-refractivity contribution in [3.8, 4) is 17.2 Å². The largest absolute Gasteiger partial charge is 0.489 e. The number of benzene rings is 2. The van der Waals surface area contributed by atoms with Crippen LogP contribution < -0.4 is 14.2 Å². The molecular formula is C15H12O5. The van der Waals surface area contributed by atoms with Gasteiger partial charge in [0.1, 0.15) is 12.4 Å². The predicted octanol–water partition coefficient (Wildman–Crippen LogP) is 2.69. The van der Waals surface area contributed by atoms with Gasteiger partial charge in [-0.3, -0.25) is 0 Å². The normalized spacial score (nSPS) is 12.2. The lowest BCUT2D eigenvalue weighted by atomic mass is 10.1. The molecule has 0 amide bonds. The van der Waals surface area contributed by atoms with Gasteiger partial charge in [-0.25, -0.2) is 4.79 Å². The first-order chi connectivity index (χ1) is 9.72. The molecular weight excluding hydrogens is 260 g/mol. The van der Waals surface area contributed by atoms with Gasteiger partial charge in [-0.1, -0.05) is 12.1 Å². The van der Waals surface area contributed by atoms with Crippen LogP contribution >= 0.6 is 0 Å². The van der Waals surface area contributed by atoms with Gasteiger partial charge in [0.25, 0.3) is 0 Å². The van der Waals surface area contributed by atoms with Crippen molar-refractivity contribution < 1.29 is 24.1 Å². The van der Waals surface area contributed by atoms with Gasteiger partial charge in [-0.2, -0.15) is 0 Å². The molecule has 1 heterocycles. The molecule has 0 saturated carbocycles. The molecule has 2 aromatic rings. The topological polar surface area (TPSA) is 65.0 Å². The van der Waals surface area contributed by atoms with Crippen LogP contribution in [-0.4, -0.2) is 17.9 Å². The van der Waals surface area contributed by atoms with Crippen molar-refractivity contribution in [1.29, 1.82) is 0 Å². The molecule has 20 heavy (non-hydrogen) atoms. The second-order valence-corrected chi connectivity index (χ2v) is 4.31. The van der Waals surface area contributed by atoms with Gasteiger partial charge < -0.3 is 19.3 Å². The maximum Gasteiger partial charge on any atom is 0.335 e. The van der Waals surface area contributed by atoms with Gasteiger partial charge in [0, 0.05) is 6.07 Å². The number of aromatic carboxylic acids is 1. The van der Waals surface area contributed by atoms with Crippen molar-refractivity contribution in [2.45, 2.75) is 6.61 Å². The van der Waals surface area contributed by atoms with E-state index in [4.69, 9.17) is 19.3 Å². The fourth-order valence-electron chi connectivity index (χ4n) is 1.88. The summed E-state index contributed by atoms with van der Waals surface area (Å²) < 4.78 is 16.1. The van der Waals surface area contributed by atoms with E-state index in [0.717, 1.165) is 5.56 Å². The van der Waals surface area contributed by atoms with Crippen molar-refractivity contribution in [2.75, 3.05) is 6.79 Å². The van der Waals surface area contributed by atoms with Gasteiger partial charge in [0.2, 0.25) is 6.79 Å². The standard InChI is InChI=1S/C15H12O5/c16-15(17)11-3-1-10(2-4-11)8-18-12-5-6-13-14(7-12)20-9-19-13/h1-7H,8-9H2,(H,16,17). The summed E-state index contributed by atoms with van der Waals surface area (Å²) >= 11 is 0. The molecule has 0 radical (unpaired) electrons. The van der Waals surface area contributed by atoms with Crippen molar-refractivity contribution in [3.63, 3.8) is 0 Å². The summed E-state index contributed by atoms with van der Waals surface area (Å²) in [6.45, 7) is 0.592. The molecule has 1 N–H and O–H groups in total. The third-order valence-electron chi connectivity index (χ3n) is 2.95. The van der Waals surface area contributed by atoms with Crippen LogP contribution in [0.25, 0.3) is 0 Å². The van der Waals surface area contributed by atoms with Gasteiger partial charge in [0.15, 0.2) is 11.5 Å². The number of rotatable bonds is 4. The van der Waals surface area contributed by atoms with E-state index in [-0.39, 0.29) is 12.4 Å². The number of carboxylic acids is 1. The molecule has 5 nitrogen and oxygen atoms in total. The Kier molecular flexibility index (Phi) is 3.16. The SMILES string of the molecule is O=C(O)c1ccc(COc2ccc3c(c2)OCO3)cc1. The first-order valence-corrected chi connectivity index (χ1v) is 6.07. The van der Waals surface area contributed by atoms with E-state index in [9.17, 15) is 4.79 Å². The van der Waals surface area contributed by atoms with E-state index in [1.165, 1.54) is 0 Å². The molecule has 2 aromatic carbocycles. The average Bonchev–Trinajstić information content (AvgIpc) is 2.93. The first kappa shape index (κ1) is 12.3. The summed E-state index contributed by atoms with van der Waals surface area (Å²) in [4.78, 5) is 10.7. The highest BCUT2D eigenvalue weighted by Gasteiger charge is 2.13. The van der Waals surface area contributed by atoms with Gasteiger partial charge in [-0.05, 0) is 29.8 Å². The van der Waals surface area contributed by atoms with Gasteiger partial charge >= 0.3 is 5.97 Å². The van der Waals surface area contributed by atoms with E-state index in [2.05, 4.69) is 0 Å². The minimum atomic E-state index is -0.937. The van der Waals surface area contributed by atoms with Crippen molar-refractivity contribution in [1.82, 2.24) is 0 Å². The van der Waals surface area contributed by atoms with Crippen molar-refractivity contribution in [2.24, 2.45) is 0 Å². The Morgan fingerprint density at radius 1 is 1.10 bits per heavy atom. The Morgan fingerprint density at radius 3 is 2.60 bits per heavy atom. The van der Waals surface area contributed by atoms with E-state index in [0.29, 0.717) is 23.9 Å². The van der Waals surface area contributed by atoms with Crippen LogP contribution in [0.2, 0.25) is 0 Å². The molecule has 102 valence electrons. The molecule has 0 spiro atoms. The molecule has 0 bridgehead atoms. The fourth-order valence-corrected chi connectivity index (χ4v) is 1.88. The van der Waals surface area contributed by atoms with Crippen LogP contribution in [0.1, 0.15) is 15.9 Å². The zero-order valence-electron chi connectivity index (χ0n) is 10.5. The Bertz CT molecular complexity index is 633. The number of carbonyl (C=O) groups is 1. The maximum absolute atomic E-state index is 10.7. The zero-order valence-corrected chi connectivity index (χ0v) is 10.5. The third-order valence-corrected chi connectivity index (χ3v) is 2.95.